The summed E-state index contributed by atoms with van der Waals surface area (Å²) in [5, 5.41) is 12.1. The van der Waals surface area contributed by atoms with E-state index < -0.39 is 17.7 Å². The highest BCUT2D eigenvalue weighted by Crippen LogP contribution is 2.53. The van der Waals surface area contributed by atoms with E-state index >= 15 is 0 Å². The van der Waals surface area contributed by atoms with E-state index in [1.807, 2.05) is 45.0 Å². The van der Waals surface area contributed by atoms with Gasteiger partial charge in [0.25, 0.3) is 0 Å². The molecule has 0 aromatic heterocycles. The molecule has 1 heterocycles. The predicted molar refractivity (Wildman–Crippen MR) is 125 cm³/mol. The molecular weight excluding hydrogens is 423 g/mol. The number of carboxylic acid groups (broad SMARTS) is 1. The van der Waals surface area contributed by atoms with Crippen molar-refractivity contribution in [3.63, 3.8) is 0 Å². The van der Waals surface area contributed by atoms with Crippen molar-refractivity contribution >= 4 is 23.4 Å². The molecule has 1 unspecified atom stereocenters. The Balaban J connectivity index is 1.43. The highest BCUT2D eigenvalue weighted by molar-refractivity contribution is 5.85. The first-order chi connectivity index (χ1) is 15.5. The molecule has 0 radical (unpaired) electrons. The Hall–Kier alpha value is -3.09. The van der Waals surface area contributed by atoms with E-state index in [-0.39, 0.29) is 23.6 Å². The molecule has 4 rings (SSSR count). The lowest BCUT2D eigenvalue weighted by Crippen LogP contribution is -2.41. The smallest absolute Gasteiger partial charge is 0.412 e. The standard InChI is InChI=1S/C26H31FN2O4/c1-25(2,3)33-24(32)28-19-5-7-20(8-6-19)29-12-10-26(11-13-29)16-17(14-23(30)31)21-9-4-18(27)15-22(21)26/h4-9,15,17H,10-14,16H2,1-3H3,(H,28,32)(H,30,31). The Kier molecular flexibility index (Phi) is 6.08. The Morgan fingerprint density at radius 2 is 1.82 bits per heavy atom. The first kappa shape index (κ1) is 23.1. The average Bonchev–Trinajstić information content (AvgIpc) is 2.99. The summed E-state index contributed by atoms with van der Waals surface area (Å²) in [6, 6.07) is 12.5. The van der Waals surface area contributed by atoms with Gasteiger partial charge in [-0.3, -0.25) is 10.1 Å². The molecule has 6 nitrogen and oxygen atoms in total. The number of anilines is 2. The molecule has 1 saturated heterocycles. The molecule has 0 saturated carbocycles. The highest BCUT2D eigenvalue weighted by atomic mass is 19.1. The molecule has 7 heteroatoms. The van der Waals surface area contributed by atoms with Crippen LogP contribution in [0.3, 0.4) is 0 Å². The quantitative estimate of drug-likeness (QED) is 0.622. The van der Waals surface area contributed by atoms with Crippen molar-refractivity contribution in [3.8, 4) is 0 Å². The predicted octanol–water partition coefficient (Wildman–Crippen LogP) is 5.67. The van der Waals surface area contributed by atoms with Crippen molar-refractivity contribution in [2.75, 3.05) is 23.3 Å². The summed E-state index contributed by atoms with van der Waals surface area (Å²) in [5.74, 6) is -1.15. The number of carbonyl (C=O) groups excluding carboxylic acids is 1. The number of fused-ring (bicyclic) bond motifs is 2. The monoisotopic (exact) mass is 454 g/mol. The molecule has 2 aromatic carbocycles. The zero-order valence-corrected chi connectivity index (χ0v) is 19.4. The van der Waals surface area contributed by atoms with Gasteiger partial charge < -0.3 is 14.7 Å². The summed E-state index contributed by atoms with van der Waals surface area (Å²) in [4.78, 5) is 25.6. The highest BCUT2D eigenvalue weighted by Gasteiger charge is 2.46. The van der Waals surface area contributed by atoms with Gasteiger partial charge in [0, 0.05) is 24.5 Å². The van der Waals surface area contributed by atoms with E-state index in [1.54, 1.807) is 12.1 Å². The van der Waals surface area contributed by atoms with E-state index in [0.717, 1.165) is 49.2 Å². The normalized spacial score (nSPS) is 19.3. The van der Waals surface area contributed by atoms with Crippen LogP contribution in [-0.2, 0) is 14.9 Å². The molecule has 1 fully saturated rings. The van der Waals surface area contributed by atoms with Gasteiger partial charge in [-0.25, -0.2) is 9.18 Å². The lowest BCUT2D eigenvalue weighted by Gasteiger charge is -2.41. The number of benzene rings is 2. The van der Waals surface area contributed by atoms with Crippen LogP contribution in [0.4, 0.5) is 20.6 Å². The molecule has 33 heavy (non-hydrogen) atoms. The molecule has 0 bridgehead atoms. The first-order valence-electron chi connectivity index (χ1n) is 11.4. The van der Waals surface area contributed by atoms with E-state index in [2.05, 4.69) is 10.2 Å². The lowest BCUT2D eigenvalue weighted by atomic mass is 9.73. The third kappa shape index (κ3) is 5.13. The van der Waals surface area contributed by atoms with Gasteiger partial charge in [-0.05, 0) is 98.9 Å². The van der Waals surface area contributed by atoms with Crippen molar-refractivity contribution < 1.29 is 23.8 Å². The second-order valence-corrected chi connectivity index (χ2v) is 10.2. The number of nitrogens with zero attached hydrogens (tertiary/aromatic N) is 1. The van der Waals surface area contributed by atoms with E-state index in [4.69, 9.17) is 4.74 Å². The van der Waals surface area contributed by atoms with Crippen molar-refractivity contribution in [2.45, 2.75) is 63.4 Å². The SMILES string of the molecule is CC(C)(C)OC(=O)Nc1ccc(N2CCC3(CC2)CC(CC(=O)O)c2ccc(F)cc23)cc1. The third-order valence-electron chi connectivity index (χ3n) is 6.68. The number of rotatable bonds is 4. The van der Waals surface area contributed by atoms with Crippen LogP contribution < -0.4 is 10.2 Å². The summed E-state index contributed by atoms with van der Waals surface area (Å²) in [5.41, 5.74) is 2.97. The van der Waals surface area contributed by atoms with Gasteiger partial charge in [-0.2, -0.15) is 0 Å². The minimum absolute atomic E-state index is 0.0668. The van der Waals surface area contributed by atoms with Crippen LogP contribution in [0, 0.1) is 5.82 Å². The maximum absolute atomic E-state index is 14.1. The van der Waals surface area contributed by atoms with E-state index in [1.165, 1.54) is 6.07 Å². The molecule has 1 amide bonds. The summed E-state index contributed by atoms with van der Waals surface area (Å²) in [6.07, 6.45) is 2.04. The number of carboxylic acids is 1. The second-order valence-electron chi connectivity index (χ2n) is 10.2. The number of amides is 1. The molecule has 2 aliphatic rings. The van der Waals surface area contributed by atoms with Gasteiger partial charge in [0.15, 0.2) is 0 Å². The van der Waals surface area contributed by atoms with Crippen molar-refractivity contribution in [2.24, 2.45) is 0 Å². The molecule has 2 aromatic rings. The van der Waals surface area contributed by atoms with Crippen LogP contribution in [0.25, 0.3) is 0 Å². The Morgan fingerprint density at radius 3 is 2.42 bits per heavy atom. The van der Waals surface area contributed by atoms with Crippen LogP contribution in [0.5, 0.6) is 0 Å². The molecule has 1 aliphatic heterocycles. The van der Waals surface area contributed by atoms with Crippen LogP contribution in [0.1, 0.15) is 63.5 Å². The Bertz CT molecular complexity index is 1040. The summed E-state index contributed by atoms with van der Waals surface area (Å²) < 4.78 is 19.4. The second kappa shape index (κ2) is 8.69. The number of halogens is 1. The van der Waals surface area contributed by atoms with Crippen molar-refractivity contribution in [3.05, 3.63) is 59.4 Å². The van der Waals surface area contributed by atoms with Crippen LogP contribution in [-0.4, -0.2) is 35.9 Å². The molecule has 176 valence electrons. The Labute approximate surface area is 193 Å². The minimum atomic E-state index is -0.815. The number of aliphatic carboxylic acids is 1. The number of piperidine rings is 1. The van der Waals surface area contributed by atoms with Crippen LogP contribution >= 0.6 is 0 Å². The summed E-state index contributed by atoms with van der Waals surface area (Å²) in [6.45, 7) is 7.06. The topological polar surface area (TPSA) is 78.9 Å². The zero-order chi connectivity index (χ0) is 23.8. The van der Waals surface area contributed by atoms with Gasteiger partial charge in [0.05, 0.1) is 6.42 Å². The molecule has 1 spiro atoms. The maximum atomic E-state index is 14.1. The number of hydrogen-bond acceptors (Lipinski definition) is 4. The summed E-state index contributed by atoms with van der Waals surface area (Å²) in [7, 11) is 0. The van der Waals surface area contributed by atoms with E-state index in [0.29, 0.717) is 5.69 Å². The number of ether oxygens (including phenoxy) is 1. The molecular formula is C26H31FN2O4. The third-order valence-corrected chi connectivity index (χ3v) is 6.68. The maximum Gasteiger partial charge on any atom is 0.412 e. The Morgan fingerprint density at radius 1 is 1.15 bits per heavy atom. The van der Waals surface area contributed by atoms with Crippen LogP contribution in [0.2, 0.25) is 0 Å². The van der Waals surface area contributed by atoms with Crippen molar-refractivity contribution in [1.82, 2.24) is 0 Å². The van der Waals surface area contributed by atoms with E-state index in [9.17, 15) is 19.1 Å². The van der Waals surface area contributed by atoms with Gasteiger partial charge in [0.2, 0.25) is 0 Å². The van der Waals surface area contributed by atoms with Crippen LogP contribution in [0.15, 0.2) is 42.5 Å². The number of nitrogens with one attached hydrogen (secondary N) is 1. The van der Waals surface area contributed by atoms with Gasteiger partial charge >= 0.3 is 12.1 Å². The molecule has 1 atom stereocenters. The average molecular weight is 455 g/mol. The lowest BCUT2D eigenvalue weighted by molar-refractivity contribution is -0.137. The van der Waals surface area contributed by atoms with Gasteiger partial charge in [-0.1, -0.05) is 6.07 Å². The fourth-order valence-corrected chi connectivity index (χ4v) is 5.27. The fraction of sp³-hybridized carbons (Fsp3) is 0.462. The first-order valence-corrected chi connectivity index (χ1v) is 11.4. The summed E-state index contributed by atoms with van der Waals surface area (Å²) >= 11 is 0. The molecule has 2 N–H and O–H groups in total. The minimum Gasteiger partial charge on any atom is -0.481 e. The zero-order valence-electron chi connectivity index (χ0n) is 19.4. The number of carbonyl (C=O) groups is 2. The molecule has 1 aliphatic carbocycles. The largest absolute Gasteiger partial charge is 0.481 e. The van der Waals surface area contributed by atoms with Gasteiger partial charge in [-0.15, -0.1) is 0 Å². The number of hydrogen-bond donors (Lipinski definition) is 2. The van der Waals surface area contributed by atoms with Gasteiger partial charge in [0.1, 0.15) is 11.4 Å². The van der Waals surface area contributed by atoms with Crippen molar-refractivity contribution in [1.29, 1.82) is 0 Å². The fourth-order valence-electron chi connectivity index (χ4n) is 5.27.